The Kier molecular flexibility index (Phi) is 3.49. The number of furan rings is 1. The summed E-state index contributed by atoms with van der Waals surface area (Å²) in [5, 5.41) is 17.8. The van der Waals surface area contributed by atoms with Gasteiger partial charge < -0.3 is 19.6 Å². The third-order valence-electron chi connectivity index (χ3n) is 4.61. The molecule has 0 spiro atoms. The van der Waals surface area contributed by atoms with Crippen LogP contribution in [0, 0.1) is 0 Å². The monoisotopic (exact) mass is 364 g/mol. The van der Waals surface area contributed by atoms with Crippen molar-refractivity contribution in [2.75, 3.05) is 6.61 Å². The van der Waals surface area contributed by atoms with E-state index in [1.165, 1.54) is 0 Å². The minimum Gasteiger partial charge on any atom is -0.508 e. The van der Waals surface area contributed by atoms with E-state index >= 15 is 0 Å². The van der Waals surface area contributed by atoms with Crippen molar-refractivity contribution in [3.05, 3.63) is 42.6 Å². The first-order valence-corrected chi connectivity index (χ1v) is 8.65. The molecule has 27 heavy (non-hydrogen) atoms. The fourth-order valence-corrected chi connectivity index (χ4v) is 3.25. The molecule has 1 amide bonds. The molecule has 1 atom stereocenters. The number of carbonyl (C=O) groups excluding carboxylic acids is 1. The van der Waals surface area contributed by atoms with Crippen molar-refractivity contribution in [3.8, 4) is 23.1 Å². The van der Waals surface area contributed by atoms with Crippen LogP contribution in [0.1, 0.15) is 12.8 Å². The highest BCUT2D eigenvalue weighted by molar-refractivity contribution is 5.83. The third-order valence-corrected chi connectivity index (χ3v) is 4.61. The summed E-state index contributed by atoms with van der Waals surface area (Å²) in [6, 6.07) is 10.4. The van der Waals surface area contributed by atoms with Crippen LogP contribution in [0.5, 0.6) is 11.6 Å². The maximum atomic E-state index is 11.3. The average Bonchev–Trinajstić information content (AvgIpc) is 3.36. The number of benzene rings is 1. The molecule has 1 saturated heterocycles. The molecule has 5 rings (SSSR count). The van der Waals surface area contributed by atoms with Gasteiger partial charge in [-0.25, -0.2) is 9.50 Å². The van der Waals surface area contributed by atoms with E-state index in [1.54, 1.807) is 35.0 Å². The molecule has 1 aliphatic rings. The summed E-state index contributed by atoms with van der Waals surface area (Å²) in [6.45, 7) is 0.373. The molecule has 3 aromatic heterocycles. The highest BCUT2D eigenvalue weighted by atomic mass is 16.5. The molecule has 2 N–H and O–H groups in total. The molecule has 0 aliphatic carbocycles. The molecule has 0 saturated carbocycles. The van der Waals surface area contributed by atoms with E-state index in [0.29, 0.717) is 41.6 Å². The summed E-state index contributed by atoms with van der Waals surface area (Å²) in [4.78, 5) is 15.6. The van der Waals surface area contributed by atoms with Crippen molar-refractivity contribution in [1.82, 2.24) is 19.9 Å². The molecule has 1 fully saturated rings. The van der Waals surface area contributed by atoms with Crippen LogP contribution in [0.15, 0.2) is 47.0 Å². The number of carbonyl (C=O) groups is 1. The number of nitrogens with zero attached hydrogens (tertiary/aromatic N) is 3. The highest BCUT2D eigenvalue weighted by Crippen LogP contribution is 2.30. The number of ether oxygens (including phenoxy) is 1. The highest BCUT2D eigenvalue weighted by Gasteiger charge is 2.21. The Morgan fingerprint density at radius 1 is 1.30 bits per heavy atom. The predicted octanol–water partition coefficient (Wildman–Crippen LogP) is 2.51. The quantitative estimate of drug-likeness (QED) is 0.577. The molecule has 8 nitrogen and oxygen atoms in total. The smallest absolute Gasteiger partial charge is 0.231 e. The minimum atomic E-state index is 0.0142. The first kappa shape index (κ1) is 15.7. The van der Waals surface area contributed by atoms with Crippen LogP contribution in [0.25, 0.3) is 28.1 Å². The van der Waals surface area contributed by atoms with E-state index in [-0.39, 0.29) is 17.7 Å². The van der Waals surface area contributed by atoms with Gasteiger partial charge in [-0.3, -0.25) is 4.79 Å². The third kappa shape index (κ3) is 2.84. The first-order valence-electron chi connectivity index (χ1n) is 8.65. The zero-order valence-electron chi connectivity index (χ0n) is 14.3. The van der Waals surface area contributed by atoms with Gasteiger partial charge in [0, 0.05) is 17.9 Å². The summed E-state index contributed by atoms with van der Waals surface area (Å²) in [5.74, 6) is 1.27. The summed E-state index contributed by atoms with van der Waals surface area (Å²) in [5.41, 5.74) is 2.01. The van der Waals surface area contributed by atoms with Crippen molar-refractivity contribution in [2.45, 2.75) is 18.9 Å². The van der Waals surface area contributed by atoms with Gasteiger partial charge in [-0.05, 0) is 36.8 Å². The predicted molar refractivity (Wildman–Crippen MR) is 96.5 cm³/mol. The van der Waals surface area contributed by atoms with Crippen molar-refractivity contribution in [2.24, 2.45) is 0 Å². The lowest BCUT2D eigenvalue weighted by atomic mass is 10.2. The number of fused-ring (bicyclic) bond motifs is 2. The first-order chi connectivity index (χ1) is 13.2. The van der Waals surface area contributed by atoms with E-state index in [2.05, 4.69) is 15.4 Å². The van der Waals surface area contributed by atoms with E-state index in [4.69, 9.17) is 9.15 Å². The Bertz CT molecular complexity index is 1160. The van der Waals surface area contributed by atoms with E-state index < -0.39 is 0 Å². The molecule has 4 aromatic rings. The Morgan fingerprint density at radius 2 is 2.22 bits per heavy atom. The van der Waals surface area contributed by atoms with Crippen LogP contribution in [-0.2, 0) is 4.79 Å². The molecule has 1 aliphatic heterocycles. The molecule has 4 heterocycles. The molecular weight excluding hydrogens is 348 g/mol. The summed E-state index contributed by atoms with van der Waals surface area (Å²) >= 11 is 0. The van der Waals surface area contributed by atoms with Crippen molar-refractivity contribution in [3.63, 3.8) is 0 Å². The number of amides is 1. The van der Waals surface area contributed by atoms with Gasteiger partial charge in [0.05, 0.1) is 12.2 Å². The van der Waals surface area contributed by atoms with Gasteiger partial charge in [-0.1, -0.05) is 0 Å². The van der Waals surface area contributed by atoms with Gasteiger partial charge in [0.2, 0.25) is 11.8 Å². The standard InChI is InChI=1S/C19H16N4O4/c24-13-2-3-15-11(7-13)8-16(27-15)14-9-20-17-4-6-19(22-23(14)17)26-10-12-1-5-18(25)21-12/h2-4,6-9,12,24H,1,5,10H2,(H,21,25). The molecule has 0 radical (unpaired) electrons. The maximum absolute atomic E-state index is 11.3. The second-order valence-electron chi connectivity index (χ2n) is 6.53. The van der Waals surface area contributed by atoms with Gasteiger partial charge in [0.25, 0.3) is 0 Å². The van der Waals surface area contributed by atoms with Crippen molar-refractivity contribution < 1.29 is 19.1 Å². The van der Waals surface area contributed by atoms with Crippen LogP contribution >= 0.6 is 0 Å². The summed E-state index contributed by atoms with van der Waals surface area (Å²) < 4.78 is 13.3. The van der Waals surface area contributed by atoms with Gasteiger partial charge in [-0.15, -0.1) is 5.10 Å². The Morgan fingerprint density at radius 3 is 3.07 bits per heavy atom. The molecule has 0 bridgehead atoms. The number of aromatic nitrogens is 3. The zero-order valence-corrected chi connectivity index (χ0v) is 14.3. The van der Waals surface area contributed by atoms with E-state index in [9.17, 15) is 9.90 Å². The lowest BCUT2D eigenvalue weighted by Crippen LogP contribution is -2.31. The van der Waals surface area contributed by atoms with Gasteiger partial charge in [-0.2, -0.15) is 0 Å². The van der Waals surface area contributed by atoms with E-state index in [1.807, 2.05) is 12.1 Å². The second kappa shape index (κ2) is 6.01. The van der Waals surface area contributed by atoms with Gasteiger partial charge in [0.1, 0.15) is 23.6 Å². The normalized spacial score (nSPS) is 16.9. The summed E-state index contributed by atoms with van der Waals surface area (Å²) in [6.07, 6.45) is 2.98. The lowest BCUT2D eigenvalue weighted by molar-refractivity contribution is -0.119. The number of imidazole rings is 1. The average molecular weight is 364 g/mol. The number of hydrogen-bond acceptors (Lipinski definition) is 6. The molecular formula is C19H16N4O4. The zero-order chi connectivity index (χ0) is 18.4. The SMILES string of the molecule is O=C1CCC(COc2ccc3ncc(-c4cc5cc(O)ccc5o4)n3n2)N1. The molecule has 1 aromatic carbocycles. The van der Waals surface area contributed by atoms with Gasteiger partial charge in [0.15, 0.2) is 11.4 Å². The lowest BCUT2D eigenvalue weighted by Gasteiger charge is -2.11. The second-order valence-corrected chi connectivity index (χ2v) is 6.53. The Balaban J connectivity index is 1.46. The van der Waals surface area contributed by atoms with Gasteiger partial charge >= 0.3 is 0 Å². The Hall–Kier alpha value is -3.55. The molecule has 8 heteroatoms. The van der Waals surface area contributed by atoms with Crippen molar-refractivity contribution >= 4 is 22.5 Å². The van der Waals surface area contributed by atoms with Crippen LogP contribution in [0.4, 0.5) is 0 Å². The molecule has 136 valence electrons. The minimum absolute atomic E-state index is 0.0142. The van der Waals surface area contributed by atoms with Crippen LogP contribution in [-0.4, -0.2) is 38.3 Å². The van der Waals surface area contributed by atoms with Crippen LogP contribution in [0.3, 0.4) is 0 Å². The number of phenols is 1. The number of rotatable bonds is 4. The number of nitrogens with one attached hydrogen (secondary N) is 1. The number of phenolic OH excluding ortho intramolecular Hbond substituents is 1. The Labute approximate surface area is 153 Å². The number of hydrogen-bond donors (Lipinski definition) is 2. The van der Waals surface area contributed by atoms with Crippen molar-refractivity contribution in [1.29, 1.82) is 0 Å². The number of aromatic hydroxyl groups is 1. The summed E-state index contributed by atoms with van der Waals surface area (Å²) in [7, 11) is 0. The van der Waals surface area contributed by atoms with Crippen LogP contribution in [0.2, 0.25) is 0 Å². The fraction of sp³-hybridized carbons (Fsp3) is 0.211. The molecule has 1 unspecified atom stereocenters. The topological polar surface area (TPSA) is 102 Å². The van der Waals surface area contributed by atoms with Crippen LogP contribution < -0.4 is 10.1 Å². The largest absolute Gasteiger partial charge is 0.508 e. The van der Waals surface area contributed by atoms with E-state index in [0.717, 1.165) is 11.8 Å². The fourth-order valence-electron chi connectivity index (χ4n) is 3.25. The maximum Gasteiger partial charge on any atom is 0.231 e.